The van der Waals surface area contributed by atoms with Crippen LogP contribution in [-0.2, 0) is 0 Å². The van der Waals surface area contributed by atoms with E-state index in [1.54, 1.807) is 19.2 Å². The van der Waals surface area contributed by atoms with Gasteiger partial charge in [0, 0.05) is 12.6 Å². The molecule has 0 aliphatic rings. The van der Waals surface area contributed by atoms with Crippen LogP contribution >= 0.6 is 0 Å². The molecule has 0 saturated carbocycles. The number of carbonyl (C=O) groups is 1. The lowest BCUT2D eigenvalue weighted by molar-refractivity contribution is 0.0742. The number of aromatic hydroxyl groups is 1. The van der Waals surface area contributed by atoms with Crippen molar-refractivity contribution in [3.05, 3.63) is 65.2 Å². The zero-order valence-corrected chi connectivity index (χ0v) is 11.7. The van der Waals surface area contributed by atoms with Gasteiger partial charge in [0.1, 0.15) is 5.75 Å². The van der Waals surface area contributed by atoms with Gasteiger partial charge in [-0.05, 0) is 42.8 Å². The second kappa shape index (κ2) is 5.91. The van der Waals surface area contributed by atoms with Gasteiger partial charge in [-0.2, -0.15) is 0 Å². The number of rotatable bonds is 3. The van der Waals surface area contributed by atoms with Crippen molar-refractivity contribution in [3.8, 4) is 5.75 Å². The van der Waals surface area contributed by atoms with Crippen molar-refractivity contribution in [2.24, 2.45) is 0 Å². The Bertz CT molecular complexity index is 656. The fourth-order valence-electron chi connectivity index (χ4n) is 1.99. The summed E-state index contributed by atoms with van der Waals surface area (Å²) in [5.41, 5.74) is 0.910. The van der Waals surface area contributed by atoms with Gasteiger partial charge < -0.3 is 10.0 Å². The molecule has 0 fully saturated rings. The molecule has 1 unspecified atom stereocenters. The molecule has 0 aliphatic carbocycles. The van der Waals surface area contributed by atoms with Crippen LogP contribution in [0.3, 0.4) is 0 Å². The normalized spacial score (nSPS) is 12.0. The molecule has 0 radical (unpaired) electrons. The molecule has 0 aromatic heterocycles. The van der Waals surface area contributed by atoms with E-state index in [9.17, 15) is 18.7 Å². The number of hydrogen-bond acceptors (Lipinski definition) is 2. The van der Waals surface area contributed by atoms with Crippen molar-refractivity contribution in [1.29, 1.82) is 0 Å². The number of hydrogen-bond donors (Lipinski definition) is 1. The Morgan fingerprint density at radius 2 is 1.71 bits per heavy atom. The van der Waals surface area contributed by atoms with E-state index in [-0.39, 0.29) is 17.4 Å². The minimum atomic E-state index is -1.05. The van der Waals surface area contributed by atoms with Crippen molar-refractivity contribution < 1.29 is 18.7 Å². The Hall–Kier alpha value is -2.43. The third-order valence-corrected chi connectivity index (χ3v) is 3.44. The van der Waals surface area contributed by atoms with Crippen molar-refractivity contribution in [3.63, 3.8) is 0 Å². The standard InChI is InChI=1S/C16H15F2NO2/c1-10(11-3-6-13(20)7-4-11)19(2)16(21)12-5-8-14(17)15(18)9-12/h3-10,20H,1-2H3. The van der Waals surface area contributed by atoms with E-state index in [0.717, 1.165) is 17.7 Å². The van der Waals surface area contributed by atoms with Crippen LogP contribution in [-0.4, -0.2) is 23.0 Å². The summed E-state index contributed by atoms with van der Waals surface area (Å²) >= 11 is 0. The number of phenolic OH excluding ortho intramolecular Hbond substituents is 1. The fourth-order valence-corrected chi connectivity index (χ4v) is 1.99. The zero-order chi connectivity index (χ0) is 15.6. The van der Waals surface area contributed by atoms with E-state index in [1.807, 2.05) is 6.92 Å². The summed E-state index contributed by atoms with van der Waals surface area (Å²) in [6.45, 7) is 1.81. The highest BCUT2D eigenvalue weighted by molar-refractivity contribution is 5.94. The van der Waals surface area contributed by atoms with Crippen molar-refractivity contribution in [2.75, 3.05) is 7.05 Å². The Balaban J connectivity index is 2.21. The summed E-state index contributed by atoms with van der Waals surface area (Å²) in [4.78, 5) is 13.7. The van der Waals surface area contributed by atoms with Crippen LogP contribution < -0.4 is 0 Å². The Morgan fingerprint density at radius 3 is 2.29 bits per heavy atom. The number of amides is 1. The molecular weight excluding hydrogens is 276 g/mol. The molecule has 1 amide bonds. The fraction of sp³-hybridized carbons (Fsp3) is 0.188. The van der Waals surface area contributed by atoms with Crippen molar-refractivity contribution in [2.45, 2.75) is 13.0 Å². The molecule has 21 heavy (non-hydrogen) atoms. The molecular formula is C16H15F2NO2. The van der Waals surface area contributed by atoms with Gasteiger partial charge in [0.15, 0.2) is 11.6 Å². The Kier molecular flexibility index (Phi) is 4.21. The summed E-state index contributed by atoms with van der Waals surface area (Å²) in [6.07, 6.45) is 0. The highest BCUT2D eigenvalue weighted by Gasteiger charge is 2.20. The lowest BCUT2D eigenvalue weighted by Gasteiger charge is -2.25. The summed E-state index contributed by atoms with van der Waals surface area (Å²) < 4.78 is 26.1. The molecule has 0 spiro atoms. The van der Waals surface area contributed by atoms with E-state index in [2.05, 4.69) is 0 Å². The molecule has 0 bridgehead atoms. The van der Waals surface area contributed by atoms with Gasteiger partial charge in [0.25, 0.3) is 5.91 Å². The van der Waals surface area contributed by atoms with Crippen LogP contribution in [0.2, 0.25) is 0 Å². The number of nitrogens with zero attached hydrogens (tertiary/aromatic N) is 1. The summed E-state index contributed by atoms with van der Waals surface area (Å²) in [5, 5.41) is 9.26. The second-order valence-corrected chi connectivity index (χ2v) is 4.81. The Morgan fingerprint density at radius 1 is 1.10 bits per heavy atom. The number of phenols is 1. The van der Waals surface area contributed by atoms with E-state index in [1.165, 1.54) is 23.1 Å². The van der Waals surface area contributed by atoms with Crippen molar-refractivity contribution in [1.82, 2.24) is 4.90 Å². The molecule has 2 rings (SSSR count). The van der Waals surface area contributed by atoms with E-state index >= 15 is 0 Å². The monoisotopic (exact) mass is 291 g/mol. The number of carbonyl (C=O) groups excluding carboxylic acids is 1. The SMILES string of the molecule is CC(c1ccc(O)cc1)N(C)C(=O)c1ccc(F)c(F)c1. The third-order valence-electron chi connectivity index (χ3n) is 3.44. The third kappa shape index (κ3) is 3.18. The van der Waals surface area contributed by atoms with E-state index in [0.29, 0.717) is 0 Å². The average Bonchev–Trinajstić information content (AvgIpc) is 2.48. The first-order chi connectivity index (χ1) is 9.90. The van der Waals surface area contributed by atoms with Gasteiger partial charge in [-0.3, -0.25) is 4.79 Å². The number of benzene rings is 2. The highest BCUT2D eigenvalue weighted by atomic mass is 19.2. The van der Waals surface area contributed by atoms with Crippen LogP contribution in [0.15, 0.2) is 42.5 Å². The molecule has 2 aromatic rings. The summed E-state index contributed by atoms with van der Waals surface area (Å²) in [6, 6.07) is 9.26. The molecule has 0 saturated heterocycles. The topological polar surface area (TPSA) is 40.5 Å². The van der Waals surface area contributed by atoms with Crippen LogP contribution in [0.25, 0.3) is 0 Å². The average molecular weight is 291 g/mol. The molecule has 5 heteroatoms. The van der Waals surface area contributed by atoms with Gasteiger partial charge in [-0.1, -0.05) is 12.1 Å². The van der Waals surface area contributed by atoms with Gasteiger partial charge >= 0.3 is 0 Å². The lowest BCUT2D eigenvalue weighted by atomic mass is 10.1. The lowest BCUT2D eigenvalue weighted by Crippen LogP contribution is -2.29. The molecule has 1 atom stereocenters. The highest BCUT2D eigenvalue weighted by Crippen LogP contribution is 2.23. The van der Waals surface area contributed by atoms with Crippen LogP contribution in [0, 0.1) is 11.6 Å². The first kappa shape index (κ1) is 15.0. The van der Waals surface area contributed by atoms with E-state index in [4.69, 9.17) is 0 Å². The van der Waals surface area contributed by atoms with Gasteiger partial charge in [0.05, 0.1) is 6.04 Å². The quantitative estimate of drug-likeness (QED) is 0.940. The molecule has 2 aromatic carbocycles. The maximum atomic E-state index is 13.2. The van der Waals surface area contributed by atoms with Crippen LogP contribution in [0.4, 0.5) is 8.78 Å². The van der Waals surface area contributed by atoms with Crippen LogP contribution in [0.1, 0.15) is 28.9 Å². The van der Waals surface area contributed by atoms with Gasteiger partial charge in [-0.25, -0.2) is 8.78 Å². The molecule has 3 nitrogen and oxygen atoms in total. The van der Waals surface area contributed by atoms with Gasteiger partial charge in [0.2, 0.25) is 0 Å². The molecule has 0 heterocycles. The maximum absolute atomic E-state index is 13.2. The molecule has 110 valence electrons. The first-order valence-corrected chi connectivity index (χ1v) is 6.41. The largest absolute Gasteiger partial charge is 0.508 e. The van der Waals surface area contributed by atoms with Crippen molar-refractivity contribution >= 4 is 5.91 Å². The van der Waals surface area contributed by atoms with Gasteiger partial charge in [-0.15, -0.1) is 0 Å². The van der Waals surface area contributed by atoms with E-state index < -0.39 is 17.5 Å². The summed E-state index contributed by atoms with van der Waals surface area (Å²) in [5.74, 6) is -2.30. The zero-order valence-electron chi connectivity index (χ0n) is 11.7. The molecule has 0 aliphatic heterocycles. The number of halogens is 2. The smallest absolute Gasteiger partial charge is 0.254 e. The second-order valence-electron chi connectivity index (χ2n) is 4.81. The minimum absolute atomic E-state index is 0.0852. The van der Waals surface area contributed by atoms with Crippen LogP contribution in [0.5, 0.6) is 5.75 Å². The summed E-state index contributed by atoms with van der Waals surface area (Å²) in [7, 11) is 1.58. The maximum Gasteiger partial charge on any atom is 0.254 e. The Labute approximate surface area is 121 Å². The predicted molar refractivity (Wildman–Crippen MR) is 75.0 cm³/mol. The first-order valence-electron chi connectivity index (χ1n) is 6.41. The predicted octanol–water partition coefficient (Wildman–Crippen LogP) is 3.50. The molecule has 1 N–H and O–H groups in total. The minimum Gasteiger partial charge on any atom is -0.508 e.